The van der Waals surface area contributed by atoms with E-state index in [1.165, 1.54) is 44.5 Å². The first-order chi connectivity index (χ1) is 43.6. The zero-order valence-electron chi connectivity index (χ0n) is 47.7. The number of thioether (sulfide) groups is 8. The number of aromatic nitrogens is 8. The molecular formula is C72H58N8S8. The van der Waals surface area contributed by atoms with Crippen molar-refractivity contribution in [1.29, 1.82) is 0 Å². The normalized spacial score (nSPS) is 12.3. The van der Waals surface area contributed by atoms with Crippen molar-refractivity contribution in [3.8, 4) is 0 Å². The molecule has 0 saturated carbocycles. The van der Waals surface area contributed by atoms with E-state index < -0.39 is 0 Å². The zero-order chi connectivity index (χ0) is 59.1. The Morgan fingerprint density at radius 3 is 0.523 bits per heavy atom. The standard InChI is InChI=1S/C72H58N8S8/c1-9-25-49(26-10-1)41-81-57-58(82-42-50-27-11-2-12-28-50)66-73-65(57)77-67-59(83-43-51-29-13-3-14-30-51)60(84-44-52-31-15-4-16-32-52)69(74-67)79-71-63(87-47-55-37-21-7-22-38-55)64(88-48-56-39-23-8-24-40-56)72(76-71)80-70-62(86-46-54-35-19-6-20-36-54)61(68(75-70)78-66)85-45-53-33-17-5-18-34-53/h1-40H,41-48H2,(H2,73,74,75,76,77,78,79,80). The van der Waals surface area contributed by atoms with E-state index in [9.17, 15) is 0 Å². The molecule has 0 atom stereocenters. The molecule has 2 aliphatic heterocycles. The third kappa shape index (κ3) is 15.3. The second-order valence-corrected chi connectivity index (χ2v) is 28.3. The molecule has 88 heavy (non-hydrogen) atoms. The molecule has 0 unspecified atom stereocenters. The van der Waals surface area contributed by atoms with Crippen LogP contribution in [0.3, 0.4) is 0 Å². The summed E-state index contributed by atoms with van der Waals surface area (Å²) in [7, 11) is 0. The minimum Gasteiger partial charge on any atom is -0.323 e. The Balaban J connectivity index is 1.11. The summed E-state index contributed by atoms with van der Waals surface area (Å²) in [6.45, 7) is 0. The van der Waals surface area contributed by atoms with Crippen molar-refractivity contribution in [3.63, 3.8) is 0 Å². The highest BCUT2D eigenvalue weighted by Gasteiger charge is 2.29. The third-order valence-corrected chi connectivity index (χ3v) is 23.9. The molecule has 8 nitrogen and oxygen atoms in total. The van der Waals surface area contributed by atoms with Gasteiger partial charge in [-0.1, -0.05) is 243 Å². The maximum atomic E-state index is 5.76. The highest BCUT2D eigenvalue weighted by molar-refractivity contribution is 8.13. The first-order valence-corrected chi connectivity index (χ1v) is 36.6. The van der Waals surface area contributed by atoms with Gasteiger partial charge in [0, 0.05) is 46.0 Å². The van der Waals surface area contributed by atoms with Gasteiger partial charge < -0.3 is 9.97 Å². The van der Waals surface area contributed by atoms with Gasteiger partial charge in [-0.2, -0.15) is 0 Å². The molecule has 13 rings (SSSR count). The molecule has 3 aromatic heterocycles. The summed E-state index contributed by atoms with van der Waals surface area (Å²) in [5, 5.41) is 0. The van der Waals surface area contributed by atoms with Crippen LogP contribution < -0.4 is 0 Å². The monoisotopic (exact) mass is 1290 g/mol. The average Bonchev–Trinajstić information content (AvgIpc) is 3.62. The Labute approximate surface area is 547 Å². The van der Waals surface area contributed by atoms with Crippen molar-refractivity contribution in [3.05, 3.63) is 310 Å². The summed E-state index contributed by atoms with van der Waals surface area (Å²) < 4.78 is 0. The van der Waals surface area contributed by atoms with Crippen LogP contribution in [0.2, 0.25) is 0 Å². The summed E-state index contributed by atoms with van der Waals surface area (Å²) in [5.74, 6) is 8.03. The summed E-state index contributed by atoms with van der Waals surface area (Å²) >= 11 is 14.1. The van der Waals surface area contributed by atoms with Crippen LogP contribution in [0.5, 0.6) is 0 Å². The van der Waals surface area contributed by atoms with Crippen LogP contribution in [0.1, 0.15) is 67.8 Å². The van der Waals surface area contributed by atoms with Crippen molar-refractivity contribution in [1.82, 2.24) is 39.9 Å². The smallest absolute Gasteiger partial charge is 0.171 e. The fraction of sp³-hybridized carbons (Fsp3) is 0.111. The molecule has 0 amide bonds. The van der Waals surface area contributed by atoms with Gasteiger partial charge in [0.2, 0.25) is 0 Å². The fourth-order valence-electron chi connectivity index (χ4n) is 9.63. The van der Waals surface area contributed by atoms with E-state index in [1.807, 2.05) is 0 Å². The number of aromatic amines is 2. The maximum Gasteiger partial charge on any atom is 0.171 e. The number of nitrogens with one attached hydrogen (secondary N) is 2. The molecule has 2 N–H and O–H groups in total. The Hall–Kier alpha value is -7.12. The predicted octanol–water partition coefficient (Wildman–Crippen LogP) is 20.4. The van der Waals surface area contributed by atoms with Crippen LogP contribution in [-0.2, 0) is 46.0 Å². The predicted molar refractivity (Wildman–Crippen MR) is 381 cm³/mol. The van der Waals surface area contributed by atoms with Crippen molar-refractivity contribution in [2.24, 2.45) is 0 Å². The van der Waals surface area contributed by atoms with E-state index in [-0.39, 0.29) is 0 Å². The van der Waals surface area contributed by atoms with Crippen molar-refractivity contribution >= 4 is 136 Å². The molecule has 8 bridgehead atoms. The quantitative estimate of drug-likeness (QED) is 0.0560. The number of nitrogens with zero attached hydrogens (tertiary/aromatic N) is 6. The first kappa shape index (κ1) is 59.8. The number of benzene rings is 8. The lowest BCUT2D eigenvalue weighted by Gasteiger charge is -2.09. The van der Waals surface area contributed by atoms with Crippen LogP contribution in [0.4, 0.5) is 0 Å². The Bertz CT molecular complexity index is 3820. The molecule has 0 spiro atoms. The first-order valence-electron chi connectivity index (χ1n) is 28.7. The van der Waals surface area contributed by atoms with Crippen LogP contribution in [0.15, 0.2) is 262 Å². The molecule has 2 aliphatic rings. The van der Waals surface area contributed by atoms with Gasteiger partial charge in [-0.25, -0.2) is 29.9 Å². The Kier molecular flexibility index (Phi) is 20.3. The highest BCUT2D eigenvalue weighted by atomic mass is 32.2. The van der Waals surface area contributed by atoms with E-state index in [0.29, 0.717) is 91.9 Å². The average molecular weight is 1290 g/mol. The largest absolute Gasteiger partial charge is 0.323 e. The lowest BCUT2D eigenvalue weighted by Crippen LogP contribution is -1.89. The fourth-order valence-corrected chi connectivity index (χ4v) is 18.7. The van der Waals surface area contributed by atoms with E-state index in [1.54, 1.807) is 94.1 Å². The molecule has 0 fully saturated rings. The van der Waals surface area contributed by atoms with E-state index >= 15 is 0 Å². The Morgan fingerprint density at radius 2 is 0.352 bits per heavy atom. The van der Waals surface area contributed by atoms with E-state index in [2.05, 4.69) is 253 Å². The molecule has 0 saturated heterocycles. The third-order valence-electron chi connectivity index (χ3n) is 14.1. The number of fused-ring (bicyclic) bond motifs is 8. The van der Waals surface area contributed by atoms with Gasteiger partial charge in [0.15, 0.2) is 23.3 Å². The number of rotatable bonds is 24. The van der Waals surface area contributed by atoms with Gasteiger partial charge in [0.1, 0.15) is 22.6 Å². The van der Waals surface area contributed by atoms with Gasteiger partial charge in [-0.15, -0.1) is 94.1 Å². The van der Waals surface area contributed by atoms with Crippen molar-refractivity contribution in [2.75, 3.05) is 0 Å². The SMILES string of the molecule is c1ccc(CSC2=C(SCc3ccccc3)c3nc2nc2[nH]c(nc4nc(nc5[nH]c(n3)c(SCc3ccccc3)c5SCc3ccccc3)C(SCc3ccccc3)=C4SCc3ccccc3)c(SCc3ccccc3)c2SCc2ccccc2)cc1. The van der Waals surface area contributed by atoms with Gasteiger partial charge >= 0.3 is 0 Å². The number of hydrogen-bond acceptors (Lipinski definition) is 14. The molecule has 11 aromatic rings. The van der Waals surface area contributed by atoms with Gasteiger partial charge in [0.05, 0.1) is 39.2 Å². The highest BCUT2D eigenvalue weighted by Crippen LogP contribution is 2.49. The summed E-state index contributed by atoms with van der Waals surface area (Å²) in [5.41, 5.74) is 12.4. The molecule has 5 heterocycles. The van der Waals surface area contributed by atoms with Crippen LogP contribution in [0, 0.1) is 0 Å². The van der Waals surface area contributed by atoms with Gasteiger partial charge in [-0.05, 0) is 44.5 Å². The second-order valence-electron chi connectivity index (χ2n) is 20.4. The van der Waals surface area contributed by atoms with Gasteiger partial charge in [-0.3, -0.25) is 0 Å². The second kappa shape index (κ2) is 29.9. The lowest BCUT2D eigenvalue weighted by atomic mass is 10.2. The number of H-pyrrole nitrogens is 2. The zero-order valence-corrected chi connectivity index (χ0v) is 54.2. The molecule has 8 aromatic carbocycles. The van der Waals surface area contributed by atoms with Crippen molar-refractivity contribution in [2.45, 2.75) is 65.6 Å². The molecule has 0 aliphatic carbocycles. The number of hydrogen-bond donors (Lipinski definition) is 2. The minimum atomic E-state index is 0.595. The Morgan fingerprint density at radius 1 is 0.193 bits per heavy atom. The van der Waals surface area contributed by atoms with Crippen LogP contribution in [-0.4, -0.2) is 39.9 Å². The summed E-state index contributed by atoms with van der Waals surface area (Å²) in [6.07, 6.45) is 0. The topological polar surface area (TPSA) is 109 Å². The molecule has 0 radical (unpaired) electrons. The van der Waals surface area contributed by atoms with Crippen LogP contribution >= 0.6 is 94.1 Å². The maximum absolute atomic E-state index is 5.76. The lowest BCUT2D eigenvalue weighted by molar-refractivity contribution is 1.10. The molecule has 434 valence electrons. The minimum absolute atomic E-state index is 0.595. The summed E-state index contributed by atoms with van der Waals surface area (Å²) in [4.78, 5) is 49.9. The van der Waals surface area contributed by atoms with Crippen LogP contribution in [0.25, 0.3) is 42.2 Å². The molecular weight excluding hydrogens is 1230 g/mol. The van der Waals surface area contributed by atoms with Gasteiger partial charge in [0.25, 0.3) is 0 Å². The molecule has 16 heteroatoms. The summed E-state index contributed by atoms with van der Waals surface area (Å²) in [6, 6.07) is 85.3. The van der Waals surface area contributed by atoms with E-state index in [0.717, 1.165) is 39.2 Å². The van der Waals surface area contributed by atoms with Crippen molar-refractivity contribution < 1.29 is 0 Å². The van der Waals surface area contributed by atoms with E-state index in [4.69, 9.17) is 29.9 Å².